The van der Waals surface area contributed by atoms with Gasteiger partial charge in [-0.1, -0.05) is 30.3 Å². The lowest BCUT2D eigenvalue weighted by atomic mass is 10.1. The van der Waals surface area contributed by atoms with Crippen molar-refractivity contribution in [1.29, 1.82) is 0 Å². The monoisotopic (exact) mass is 311 g/mol. The number of hydrogen-bond acceptors (Lipinski definition) is 3. The highest BCUT2D eigenvalue weighted by Gasteiger charge is 2.21. The van der Waals surface area contributed by atoms with Gasteiger partial charge in [0.15, 0.2) is 0 Å². The van der Waals surface area contributed by atoms with E-state index in [2.05, 4.69) is 22.2 Å². The molecule has 0 bridgehead atoms. The minimum Gasteiger partial charge on any atom is -0.350 e. The van der Waals surface area contributed by atoms with Gasteiger partial charge in [-0.05, 0) is 44.1 Å². The summed E-state index contributed by atoms with van der Waals surface area (Å²) in [5.74, 6) is -0.314. The lowest BCUT2D eigenvalue weighted by molar-refractivity contribution is 0.0942. The Morgan fingerprint density at radius 1 is 1.26 bits per heavy atom. The van der Waals surface area contributed by atoms with Crippen LogP contribution in [0.4, 0.5) is 0 Å². The van der Waals surface area contributed by atoms with E-state index in [0.717, 1.165) is 24.9 Å². The molecule has 23 heavy (non-hydrogen) atoms. The normalized spacial score (nSPS) is 18.0. The molecule has 2 heterocycles. The summed E-state index contributed by atoms with van der Waals surface area (Å²) in [7, 11) is 2.06. The lowest BCUT2D eigenvalue weighted by Crippen LogP contribution is -2.39. The van der Waals surface area contributed by atoms with Crippen molar-refractivity contribution in [3.8, 4) is 11.3 Å². The maximum Gasteiger partial charge on any atom is 0.261 e. The number of nitrogens with zero attached hydrogens (tertiary/aromatic N) is 1. The first-order valence-corrected chi connectivity index (χ1v) is 7.92. The zero-order chi connectivity index (χ0) is 16.2. The van der Waals surface area contributed by atoms with Crippen molar-refractivity contribution in [2.24, 2.45) is 0 Å². The summed E-state index contributed by atoms with van der Waals surface area (Å²) in [6.07, 6.45) is 2.24. The van der Waals surface area contributed by atoms with E-state index in [4.69, 9.17) is 0 Å². The Labute approximate surface area is 135 Å². The first-order valence-electron chi connectivity index (χ1n) is 7.92. The number of carbonyl (C=O) groups is 1. The smallest absolute Gasteiger partial charge is 0.261 e. The van der Waals surface area contributed by atoms with E-state index >= 15 is 0 Å². The molecule has 1 fully saturated rings. The Kier molecular flexibility index (Phi) is 4.57. The molecule has 120 valence electrons. The fraction of sp³-hybridized carbons (Fsp3) is 0.333. The largest absolute Gasteiger partial charge is 0.350 e. The fourth-order valence-corrected chi connectivity index (χ4v) is 2.98. The number of benzene rings is 1. The fourth-order valence-electron chi connectivity index (χ4n) is 2.98. The van der Waals surface area contributed by atoms with Gasteiger partial charge in [0.05, 0.1) is 0 Å². The summed E-state index contributed by atoms with van der Waals surface area (Å²) >= 11 is 0. The summed E-state index contributed by atoms with van der Waals surface area (Å²) in [4.78, 5) is 29.4. The maximum atomic E-state index is 12.2. The summed E-state index contributed by atoms with van der Waals surface area (Å²) < 4.78 is 0. The van der Waals surface area contributed by atoms with Crippen molar-refractivity contribution in [2.75, 3.05) is 20.1 Å². The van der Waals surface area contributed by atoms with Crippen LogP contribution in [0.2, 0.25) is 0 Å². The van der Waals surface area contributed by atoms with Crippen LogP contribution in [-0.4, -0.2) is 42.0 Å². The van der Waals surface area contributed by atoms with Gasteiger partial charge < -0.3 is 15.2 Å². The van der Waals surface area contributed by atoms with Gasteiger partial charge in [-0.25, -0.2) is 0 Å². The molecule has 1 aliphatic heterocycles. The van der Waals surface area contributed by atoms with Gasteiger partial charge >= 0.3 is 0 Å². The minimum absolute atomic E-state index is 0.158. The number of nitrogens with one attached hydrogen (secondary N) is 2. The van der Waals surface area contributed by atoms with E-state index in [0.29, 0.717) is 18.3 Å². The molecule has 1 atom stereocenters. The Morgan fingerprint density at radius 3 is 2.70 bits per heavy atom. The quantitative estimate of drug-likeness (QED) is 0.906. The average Bonchev–Trinajstić information content (AvgIpc) is 2.98. The van der Waals surface area contributed by atoms with E-state index in [1.54, 1.807) is 12.1 Å². The van der Waals surface area contributed by atoms with Gasteiger partial charge in [-0.2, -0.15) is 0 Å². The molecule has 1 saturated heterocycles. The average molecular weight is 311 g/mol. The Bertz CT molecular complexity index is 739. The number of likely N-dealkylation sites (N-methyl/N-ethyl adjacent to an activating group) is 1. The first kappa shape index (κ1) is 15.5. The summed E-state index contributed by atoms with van der Waals surface area (Å²) in [5.41, 5.74) is 1.43. The second kappa shape index (κ2) is 6.79. The second-order valence-corrected chi connectivity index (χ2v) is 5.97. The molecule has 0 aliphatic carbocycles. The molecule has 3 rings (SSSR count). The van der Waals surface area contributed by atoms with Crippen LogP contribution in [0.3, 0.4) is 0 Å². The summed E-state index contributed by atoms with van der Waals surface area (Å²) in [6.45, 7) is 1.64. The number of H-pyrrole nitrogens is 1. The summed E-state index contributed by atoms with van der Waals surface area (Å²) in [5, 5.41) is 2.87. The third kappa shape index (κ3) is 3.51. The molecule has 0 unspecified atom stereocenters. The second-order valence-electron chi connectivity index (χ2n) is 5.97. The van der Waals surface area contributed by atoms with Crippen molar-refractivity contribution < 1.29 is 4.79 Å². The lowest BCUT2D eigenvalue weighted by Gasteiger charge is -2.19. The van der Waals surface area contributed by atoms with Gasteiger partial charge in [0.2, 0.25) is 0 Å². The van der Waals surface area contributed by atoms with E-state index in [9.17, 15) is 9.59 Å². The molecular formula is C18H21N3O2. The highest BCUT2D eigenvalue weighted by molar-refractivity contribution is 5.94. The van der Waals surface area contributed by atoms with Crippen LogP contribution >= 0.6 is 0 Å². The standard InChI is InChI=1S/C18H21N3O2/c1-21-11-5-8-14(21)12-19-17(22)15-9-10-16(20-18(15)23)13-6-3-2-4-7-13/h2-4,6-7,9-10,14H,5,8,11-12H2,1H3,(H,19,22)(H,20,23)/t14-/m0/s1. The Hall–Kier alpha value is -2.40. The molecule has 5 heteroatoms. The number of amides is 1. The van der Waals surface area contributed by atoms with Crippen LogP contribution in [0.15, 0.2) is 47.3 Å². The van der Waals surface area contributed by atoms with Gasteiger partial charge in [0, 0.05) is 18.3 Å². The predicted octanol–water partition coefficient (Wildman–Crippen LogP) is 1.87. The number of hydrogen-bond donors (Lipinski definition) is 2. The SMILES string of the molecule is CN1CCC[C@H]1CNC(=O)c1ccc(-c2ccccc2)[nH]c1=O. The molecule has 0 saturated carbocycles. The van der Waals surface area contributed by atoms with Crippen molar-refractivity contribution in [3.05, 3.63) is 58.4 Å². The van der Waals surface area contributed by atoms with Gasteiger partial charge in [0.1, 0.15) is 5.56 Å². The number of pyridine rings is 1. The molecule has 5 nitrogen and oxygen atoms in total. The van der Waals surface area contributed by atoms with E-state index < -0.39 is 0 Å². The molecule has 2 N–H and O–H groups in total. The van der Waals surface area contributed by atoms with E-state index in [1.807, 2.05) is 30.3 Å². The van der Waals surface area contributed by atoms with Gasteiger partial charge in [-0.15, -0.1) is 0 Å². The number of rotatable bonds is 4. The number of likely N-dealkylation sites (tertiary alicyclic amines) is 1. The van der Waals surface area contributed by atoms with E-state index in [-0.39, 0.29) is 17.0 Å². The van der Waals surface area contributed by atoms with Crippen LogP contribution in [-0.2, 0) is 0 Å². The van der Waals surface area contributed by atoms with Crippen LogP contribution in [0.5, 0.6) is 0 Å². The topological polar surface area (TPSA) is 65.2 Å². The molecule has 0 radical (unpaired) electrons. The van der Waals surface area contributed by atoms with Crippen LogP contribution in [0.1, 0.15) is 23.2 Å². The van der Waals surface area contributed by atoms with E-state index in [1.165, 1.54) is 0 Å². The zero-order valence-electron chi connectivity index (χ0n) is 13.2. The van der Waals surface area contributed by atoms with Crippen molar-refractivity contribution in [1.82, 2.24) is 15.2 Å². The number of aromatic nitrogens is 1. The van der Waals surface area contributed by atoms with Crippen LogP contribution < -0.4 is 10.9 Å². The highest BCUT2D eigenvalue weighted by Crippen LogP contribution is 2.15. The first-order chi connectivity index (χ1) is 11.1. The predicted molar refractivity (Wildman–Crippen MR) is 90.5 cm³/mol. The zero-order valence-corrected chi connectivity index (χ0v) is 13.2. The van der Waals surface area contributed by atoms with Gasteiger partial charge in [0.25, 0.3) is 11.5 Å². The van der Waals surface area contributed by atoms with Crippen LogP contribution in [0, 0.1) is 0 Å². The Balaban J connectivity index is 1.70. The van der Waals surface area contributed by atoms with Crippen LogP contribution in [0.25, 0.3) is 11.3 Å². The van der Waals surface area contributed by atoms with Gasteiger partial charge in [-0.3, -0.25) is 9.59 Å². The minimum atomic E-state index is -0.358. The highest BCUT2D eigenvalue weighted by atomic mass is 16.2. The molecule has 0 spiro atoms. The number of aromatic amines is 1. The van der Waals surface area contributed by atoms with Crippen molar-refractivity contribution >= 4 is 5.91 Å². The molecule has 1 aromatic heterocycles. The maximum absolute atomic E-state index is 12.2. The van der Waals surface area contributed by atoms with Crippen molar-refractivity contribution in [3.63, 3.8) is 0 Å². The molecule has 1 aromatic carbocycles. The molecule has 1 aliphatic rings. The third-order valence-electron chi connectivity index (χ3n) is 4.41. The molecule has 1 amide bonds. The molecular weight excluding hydrogens is 290 g/mol. The summed E-state index contributed by atoms with van der Waals surface area (Å²) in [6, 6.07) is 13.3. The molecule has 2 aromatic rings. The third-order valence-corrected chi connectivity index (χ3v) is 4.41. The number of carbonyl (C=O) groups excluding carboxylic acids is 1. The van der Waals surface area contributed by atoms with Crippen molar-refractivity contribution in [2.45, 2.75) is 18.9 Å². The Morgan fingerprint density at radius 2 is 2.04 bits per heavy atom.